The van der Waals surface area contributed by atoms with Crippen molar-refractivity contribution in [2.45, 2.75) is 19.9 Å². The van der Waals surface area contributed by atoms with E-state index in [-0.39, 0.29) is 18.8 Å². The molecule has 0 radical (unpaired) electrons. The largest absolute Gasteiger partial charge is 0.479 e. The minimum atomic E-state index is -0.663. The molecule has 184 valence electrons. The zero-order chi connectivity index (χ0) is 25.8. The molecule has 0 saturated carbocycles. The first-order valence-electron chi connectivity index (χ1n) is 11.4. The number of anilines is 1. The maximum Gasteiger partial charge on any atom is 0.338 e. The van der Waals surface area contributed by atoms with Gasteiger partial charge in [0.1, 0.15) is 11.8 Å². The molecule has 9 heteroatoms. The monoisotopic (exact) mass is 502 g/mol. The van der Waals surface area contributed by atoms with E-state index in [0.717, 1.165) is 16.8 Å². The van der Waals surface area contributed by atoms with Crippen LogP contribution in [-0.2, 0) is 9.53 Å². The minimum absolute atomic E-state index is 0.0613. The molecule has 1 aliphatic rings. The normalized spacial score (nSPS) is 15.1. The van der Waals surface area contributed by atoms with Gasteiger partial charge in [-0.3, -0.25) is 9.36 Å². The van der Waals surface area contributed by atoms with Crippen molar-refractivity contribution in [3.05, 3.63) is 90.6 Å². The Balaban J connectivity index is 1.88. The van der Waals surface area contributed by atoms with Crippen molar-refractivity contribution < 1.29 is 14.3 Å². The SMILES string of the molecule is CCOC(=O)C1=C(C)N=c2s/c(=C\c3cccc(OCC#N)c3)c(=O)n2[C@H]1c1ccc(N(C)C)cc1. The highest BCUT2D eigenvalue weighted by Gasteiger charge is 2.33. The van der Waals surface area contributed by atoms with Crippen molar-refractivity contribution in [2.75, 3.05) is 32.2 Å². The number of benzene rings is 2. The maximum atomic E-state index is 13.7. The zero-order valence-electron chi connectivity index (χ0n) is 20.5. The molecule has 8 nitrogen and oxygen atoms in total. The number of allylic oxidation sites excluding steroid dienone is 1. The smallest absolute Gasteiger partial charge is 0.338 e. The van der Waals surface area contributed by atoms with Gasteiger partial charge in [0.05, 0.1) is 28.5 Å². The van der Waals surface area contributed by atoms with Crippen molar-refractivity contribution in [1.29, 1.82) is 5.26 Å². The Bertz CT molecular complexity index is 1540. The number of hydrogen-bond donors (Lipinski definition) is 0. The van der Waals surface area contributed by atoms with Gasteiger partial charge in [0.25, 0.3) is 5.56 Å². The third-order valence-electron chi connectivity index (χ3n) is 5.70. The van der Waals surface area contributed by atoms with Crippen LogP contribution in [0.1, 0.15) is 31.0 Å². The highest BCUT2D eigenvalue weighted by molar-refractivity contribution is 7.07. The van der Waals surface area contributed by atoms with Gasteiger partial charge in [-0.15, -0.1) is 0 Å². The molecule has 36 heavy (non-hydrogen) atoms. The van der Waals surface area contributed by atoms with E-state index < -0.39 is 12.0 Å². The van der Waals surface area contributed by atoms with E-state index in [9.17, 15) is 9.59 Å². The number of esters is 1. The summed E-state index contributed by atoms with van der Waals surface area (Å²) in [6.07, 6.45) is 1.76. The number of carbonyl (C=O) groups is 1. The van der Waals surface area contributed by atoms with Crippen LogP contribution in [0, 0.1) is 11.3 Å². The topological polar surface area (TPSA) is 96.9 Å². The lowest BCUT2D eigenvalue weighted by Crippen LogP contribution is -2.39. The lowest BCUT2D eigenvalue weighted by molar-refractivity contribution is -0.139. The molecule has 4 rings (SSSR count). The number of nitrogens with zero attached hydrogens (tertiary/aromatic N) is 4. The summed E-state index contributed by atoms with van der Waals surface area (Å²) < 4.78 is 12.8. The molecule has 3 aromatic rings. The summed E-state index contributed by atoms with van der Waals surface area (Å²) in [6, 6.07) is 16.2. The van der Waals surface area contributed by atoms with Crippen LogP contribution >= 0.6 is 11.3 Å². The Labute approximate surface area is 212 Å². The van der Waals surface area contributed by atoms with Crippen LogP contribution < -0.4 is 24.5 Å². The highest BCUT2D eigenvalue weighted by atomic mass is 32.1. The number of ether oxygens (including phenoxy) is 2. The van der Waals surface area contributed by atoms with E-state index in [1.165, 1.54) is 11.3 Å². The molecule has 2 heterocycles. The number of aromatic nitrogens is 1. The molecule has 0 aliphatic carbocycles. The minimum Gasteiger partial charge on any atom is -0.479 e. The van der Waals surface area contributed by atoms with E-state index in [1.807, 2.05) is 55.4 Å². The average Bonchev–Trinajstić information content (AvgIpc) is 3.16. The quantitative estimate of drug-likeness (QED) is 0.461. The predicted octanol–water partition coefficient (Wildman–Crippen LogP) is 2.77. The first-order valence-corrected chi connectivity index (χ1v) is 12.2. The summed E-state index contributed by atoms with van der Waals surface area (Å²) >= 11 is 1.26. The van der Waals surface area contributed by atoms with Gasteiger partial charge in [-0.25, -0.2) is 9.79 Å². The van der Waals surface area contributed by atoms with Gasteiger partial charge in [0.2, 0.25) is 0 Å². The van der Waals surface area contributed by atoms with Crippen molar-refractivity contribution in [2.24, 2.45) is 4.99 Å². The summed E-state index contributed by atoms with van der Waals surface area (Å²) in [5, 5.41) is 8.76. The third-order valence-corrected chi connectivity index (χ3v) is 6.68. The number of thiazole rings is 1. The van der Waals surface area contributed by atoms with Gasteiger partial charge >= 0.3 is 5.97 Å². The van der Waals surface area contributed by atoms with E-state index in [2.05, 4.69) is 4.99 Å². The maximum absolute atomic E-state index is 13.7. The first kappa shape index (κ1) is 24.9. The number of nitriles is 1. The Morgan fingerprint density at radius 3 is 2.67 bits per heavy atom. The van der Waals surface area contributed by atoms with Crippen LogP contribution in [0.5, 0.6) is 5.75 Å². The molecule has 0 N–H and O–H groups in total. The third kappa shape index (κ3) is 4.95. The number of fused-ring (bicyclic) bond motifs is 1. The highest BCUT2D eigenvalue weighted by Crippen LogP contribution is 2.31. The Morgan fingerprint density at radius 1 is 1.25 bits per heavy atom. The van der Waals surface area contributed by atoms with Crippen molar-refractivity contribution in [1.82, 2.24) is 4.57 Å². The Morgan fingerprint density at radius 2 is 2.00 bits per heavy atom. The lowest BCUT2D eigenvalue weighted by atomic mass is 9.95. The number of carbonyl (C=O) groups excluding carboxylic acids is 1. The molecule has 0 fully saturated rings. The summed E-state index contributed by atoms with van der Waals surface area (Å²) in [7, 11) is 3.90. The van der Waals surface area contributed by atoms with Gasteiger partial charge in [0, 0.05) is 19.8 Å². The van der Waals surface area contributed by atoms with Crippen LogP contribution in [0.15, 0.2) is 69.6 Å². The average molecular weight is 503 g/mol. The molecule has 1 atom stereocenters. The Kier molecular flexibility index (Phi) is 7.36. The molecule has 0 spiro atoms. The van der Waals surface area contributed by atoms with Gasteiger partial charge in [-0.05, 0) is 55.3 Å². The molecule has 1 aromatic heterocycles. The second-order valence-corrected chi connectivity index (χ2v) is 9.32. The van der Waals surface area contributed by atoms with Gasteiger partial charge in [0.15, 0.2) is 11.4 Å². The van der Waals surface area contributed by atoms with Gasteiger partial charge < -0.3 is 14.4 Å². The van der Waals surface area contributed by atoms with E-state index in [1.54, 1.807) is 42.7 Å². The predicted molar refractivity (Wildman–Crippen MR) is 139 cm³/mol. The van der Waals surface area contributed by atoms with E-state index >= 15 is 0 Å². The molecule has 0 bridgehead atoms. The zero-order valence-corrected chi connectivity index (χ0v) is 21.3. The summed E-state index contributed by atoms with van der Waals surface area (Å²) in [6.45, 7) is 3.67. The first-order chi connectivity index (χ1) is 17.3. The lowest BCUT2D eigenvalue weighted by Gasteiger charge is -2.25. The summed E-state index contributed by atoms with van der Waals surface area (Å²) in [5.41, 5.74) is 3.16. The van der Waals surface area contributed by atoms with Crippen molar-refractivity contribution in [3.8, 4) is 11.8 Å². The van der Waals surface area contributed by atoms with E-state index in [4.69, 9.17) is 14.7 Å². The summed E-state index contributed by atoms with van der Waals surface area (Å²) in [4.78, 5) is 33.8. The standard InChI is InChI=1S/C27H26N4O4S/c1-5-34-26(33)23-17(2)29-27-31(24(23)19-9-11-20(12-10-19)30(3)4)25(32)22(36-27)16-18-7-6-8-21(15-18)35-14-13-28/h6-12,15-16,24H,5,14H2,1-4H3/b22-16-/t24-/m0/s1. The second-order valence-electron chi connectivity index (χ2n) is 8.31. The van der Waals surface area contributed by atoms with Crippen LogP contribution in [0.2, 0.25) is 0 Å². The Hall–Kier alpha value is -4.16. The number of hydrogen-bond acceptors (Lipinski definition) is 8. The van der Waals surface area contributed by atoms with Crippen molar-refractivity contribution in [3.63, 3.8) is 0 Å². The molecule has 0 saturated heterocycles. The molecular formula is C27H26N4O4S. The fourth-order valence-corrected chi connectivity index (χ4v) is 5.07. The fourth-order valence-electron chi connectivity index (χ4n) is 4.02. The fraction of sp³-hybridized carbons (Fsp3) is 0.259. The molecule has 2 aromatic carbocycles. The van der Waals surface area contributed by atoms with Crippen LogP contribution in [0.4, 0.5) is 5.69 Å². The molecule has 1 aliphatic heterocycles. The van der Waals surface area contributed by atoms with Gasteiger partial charge in [-0.2, -0.15) is 5.26 Å². The van der Waals surface area contributed by atoms with Crippen LogP contribution in [0.25, 0.3) is 6.08 Å². The number of rotatable bonds is 7. The van der Waals surface area contributed by atoms with E-state index in [0.29, 0.717) is 26.4 Å². The van der Waals surface area contributed by atoms with Gasteiger partial charge in [-0.1, -0.05) is 35.6 Å². The van der Waals surface area contributed by atoms with Crippen LogP contribution in [-0.4, -0.2) is 37.8 Å². The molecule has 0 amide bonds. The molecule has 0 unspecified atom stereocenters. The second kappa shape index (κ2) is 10.6. The van der Waals surface area contributed by atoms with Crippen LogP contribution in [0.3, 0.4) is 0 Å². The van der Waals surface area contributed by atoms with Crippen molar-refractivity contribution >= 4 is 29.1 Å². The summed E-state index contributed by atoms with van der Waals surface area (Å²) in [5.74, 6) is 0.0504. The molecular weight excluding hydrogens is 476 g/mol.